The topological polar surface area (TPSA) is 146 Å². The third-order valence-electron chi connectivity index (χ3n) is 7.57. The van der Waals surface area contributed by atoms with Crippen molar-refractivity contribution in [2.24, 2.45) is 5.92 Å². The summed E-state index contributed by atoms with van der Waals surface area (Å²) in [5.74, 6) is 1.33. The quantitative estimate of drug-likeness (QED) is 0.310. The SMILES string of the molecule is Nc1ncc(CN2CCC(C(=O)N3CCC(n4c(-c5nccc[n+]5[O-])nc5cccnc54)CC3)CC2)cn1. The zero-order chi connectivity index (χ0) is 26.1. The predicted octanol–water partition coefficient (Wildman–Crippen LogP) is 1.57. The highest BCUT2D eigenvalue weighted by atomic mass is 16.5. The van der Waals surface area contributed by atoms with Crippen LogP contribution in [-0.4, -0.2) is 71.4 Å². The van der Waals surface area contributed by atoms with Crippen molar-refractivity contribution in [2.45, 2.75) is 38.3 Å². The second kappa shape index (κ2) is 10.3. The van der Waals surface area contributed by atoms with Crippen LogP contribution < -0.4 is 10.5 Å². The number of amides is 1. The van der Waals surface area contributed by atoms with Gasteiger partial charge < -0.3 is 15.8 Å². The van der Waals surface area contributed by atoms with Gasteiger partial charge in [0.05, 0.1) is 6.20 Å². The van der Waals surface area contributed by atoms with Gasteiger partial charge in [0.1, 0.15) is 11.7 Å². The zero-order valence-electron chi connectivity index (χ0n) is 21.1. The van der Waals surface area contributed by atoms with Gasteiger partial charge in [-0.25, -0.2) is 24.7 Å². The fourth-order valence-electron chi connectivity index (χ4n) is 5.59. The molecule has 38 heavy (non-hydrogen) atoms. The summed E-state index contributed by atoms with van der Waals surface area (Å²) in [6, 6.07) is 5.40. The van der Waals surface area contributed by atoms with Crippen LogP contribution in [0.15, 0.2) is 49.2 Å². The molecule has 12 nitrogen and oxygen atoms in total. The lowest BCUT2D eigenvalue weighted by molar-refractivity contribution is -0.597. The highest BCUT2D eigenvalue weighted by Crippen LogP contribution is 2.32. The Morgan fingerprint density at radius 1 is 1.00 bits per heavy atom. The molecule has 2 fully saturated rings. The average molecular weight is 515 g/mol. The van der Waals surface area contributed by atoms with E-state index in [2.05, 4.69) is 24.8 Å². The molecule has 2 saturated heterocycles. The minimum absolute atomic E-state index is 0.0460. The Balaban J connectivity index is 1.10. The molecule has 6 heterocycles. The van der Waals surface area contributed by atoms with Gasteiger partial charge in [0.2, 0.25) is 17.7 Å². The minimum Gasteiger partial charge on any atom is -0.710 e. The maximum atomic E-state index is 13.4. The van der Waals surface area contributed by atoms with Gasteiger partial charge in [0, 0.05) is 61.8 Å². The number of hydrogen-bond donors (Lipinski definition) is 1. The van der Waals surface area contributed by atoms with E-state index in [1.54, 1.807) is 30.9 Å². The van der Waals surface area contributed by atoms with E-state index in [0.29, 0.717) is 18.9 Å². The minimum atomic E-state index is 0.0460. The van der Waals surface area contributed by atoms with Crippen LogP contribution in [0.1, 0.15) is 37.3 Å². The number of imidazole rings is 1. The number of nitrogen functional groups attached to an aromatic ring is 1. The molecule has 6 rings (SSSR count). The molecule has 0 radical (unpaired) electrons. The molecule has 0 saturated carbocycles. The summed E-state index contributed by atoms with van der Waals surface area (Å²) in [5.41, 5.74) is 8.07. The van der Waals surface area contributed by atoms with E-state index in [1.165, 1.54) is 6.20 Å². The van der Waals surface area contributed by atoms with Gasteiger partial charge in [-0.3, -0.25) is 14.3 Å². The summed E-state index contributed by atoms with van der Waals surface area (Å²) in [4.78, 5) is 39.4. The number of pyridine rings is 1. The summed E-state index contributed by atoms with van der Waals surface area (Å²) in [6.45, 7) is 3.83. The molecule has 196 valence electrons. The molecule has 2 aliphatic rings. The van der Waals surface area contributed by atoms with Crippen LogP contribution in [0.5, 0.6) is 0 Å². The fourth-order valence-corrected chi connectivity index (χ4v) is 5.59. The smallest absolute Gasteiger partial charge is 0.369 e. The molecule has 4 aromatic heterocycles. The third-order valence-corrected chi connectivity index (χ3v) is 7.57. The highest BCUT2D eigenvalue weighted by Gasteiger charge is 2.33. The van der Waals surface area contributed by atoms with E-state index in [9.17, 15) is 10.0 Å². The van der Waals surface area contributed by atoms with Gasteiger partial charge in [-0.05, 0) is 55.9 Å². The Labute approximate surface area is 219 Å². The van der Waals surface area contributed by atoms with Crippen molar-refractivity contribution in [1.29, 1.82) is 0 Å². The van der Waals surface area contributed by atoms with E-state index in [-0.39, 0.29) is 29.6 Å². The molecule has 0 aliphatic carbocycles. The number of rotatable bonds is 5. The van der Waals surface area contributed by atoms with E-state index >= 15 is 0 Å². The molecular weight excluding hydrogens is 484 g/mol. The number of carbonyl (C=O) groups is 1. The summed E-state index contributed by atoms with van der Waals surface area (Å²) in [6.07, 6.45) is 11.5. The number of fused-ring (bicyclic) bond motifs is 1. The molecule has 4 aromatic rings. The Bertz CT molecular complexity index is 1420. The molecule has 0 unspecified atom stereocenters. The lowest BCUT2D eigenvalue weighted by Crippen LogP contribution is -2.45. The Hall–Kier alpha value is -4.19. The summed E-state index contributed by atoms with van der Waals surface area (Å²) < 4.78 is 2.77. The molecule has 0 atom stereocenters. The van der Waals surface area contributed by atoms with E-state index in [0.717, 1.165) is 66.8 Å². The number of anilines is 1. The van der Waals surface area contributed by atoms with Crippen LogP contribution >= 0.6 is 0 Å². The first-order valence-corrected chi connectivity index (χ1v) is 13.0. The fraction of sp³-hybridized carbons (Fsp3) is 0.423. The second-order valence-corrected chi connectivity index (χ2v) is 9.98. The van der Waals surface area contributed by atoms with Crippen LogP contribution in [0.3, 0.4) is 0 Å². The van der Waals surface area contributed by atoms with Gasteiger partial charge in [-0.15, -0.1) is 0 Å². The van der Waals surface area contributed by atoms with Crippen molar-refractivity contribution in [1.82, 2.24) is 39.3 Å². The van der Waals surface area contributed by atoms with Crippen LogP contribution in [-0.2, 0) is 11.3 Å². The molecule has 0 bridgehead atoms. The van der Waals surface area contributed by atoms with Gasteiger partial charge in [-0.2, -0.15) is 0 Å². The van der Waals surface area contributed by atoms with Crippen molar-refractivity contribution in [3.05, 3.63) is 60.0 Å². The normalized spacial score (nSPS) is 17.7. The standard InChI is InChI=1S/C26H30N10O2/c27-26-30-15-18(16-31-26)17-33-11-4-19(5-12-33)25(37)34-13-6-20(7-14-34)36-22-21(3-1-8-28-22)32-24(36)23-29-9-2-10-35(23)38/h1-3,8-10,15-16,19-20H,4-7,11-14,17H2,(H2,27,30,31). The first kappa shape index (κ1) is 24.2. The first-order chi connectivity index (χ1) is 18.6. The van der Waals surface area contributed by atoms with Crippen LogP contribution in [0.25, 0.3) is 22.8 Å². The van der Waals surface area contributed by atoms with Gasteiger partial charge >= 0.3 is 5.82 Å². The van der Waals surface area contributed by atoms with Crippen molar-refractivity contribution in [3.63, 3.8) is 0 Å². The molecule has 12 heteroatoms. The van der Waals surface area contributed by atoms with Crippen molar-refractivity contribution in [2.75, 3.05) is 31.9 Å². The molecule has 1 amide bonds. The van der Waals surface area contributed by atoms with E-state index < -0.39 is 0 Å². The lowest BCUT2D eigenvalue weighted by Gasteiger charge is -2.37. The van der Waals surface area contributed by atoms with E-state index in [4.69, 9.17) is 10.7 Å². The third kappa shape index (κ3) is 4.74. The first-order valence-electron chi connectivity index (χ1n) is 13.0. The molecule has 2 N–H and O–H groups in total. The van der Waals surface area contributed by atoms with Crippen LogP contribution in [0.4, 0.5) is 5.95 Å². The van der Waals surface area contributed by atoms with Crippen LogP contribution in [0.2, 0.25) is 0 Å². The Morgan fingerprint density at radius 3 is 2.47 bits per heavy atom. The maximum Gasteiger partial charge on any atom is 0.369 e. The summed E-state index contributed by atoms with van der Waals surface area (Å²) >= 11 is 0. The molecule has 2 aliphatic heterocycles. The number of nitrogens with zero attached hydrogens (tertiary/aromatic N) is 9. The Morgan fingerprint density at radius 2 is 1.74 bits per heavy atom. The summed E-state index contributed by atoms with van der Waals surface area (Å²) in [5, 5.41) is 12.5. The predicted molar refractivity (Wildman–Crippen MR) is 139 cm³/mol. The lowest BCUT2D eigenvalue weighted by atomic mass is 9.93. The number of piperidine rings is 2. The average Bonchev–Trinajstić information content (AvgIpc) is 3.34. The maximum absolute atomic E-state index is 13.4. The van der Waals surface area contributed by atoms with Gasteiger partial charge in [0.15, 0.2) is 5.65 Å². The largest absolute Gasteiger partial charge is 0.710 e. The van der Waals surface area contributed by atoms with Crippen molar-refractivity contribution >= 4 is 23.0 Å². The van der Waals surface area contributed by atoms with E-state index in [1.807, 2.05) is 21.6 Å². The second-order valence-electron chi connectivity index (χ2n) is 9.98. The number of hydrogen-bond acceptors (Lipinski definition) is 9. The van der Waals surface area contributed by atoms with Crippen molar-refractivity contribution < 1.29 is 9.52 Å². The highest BCUT2D eigenvalue weighted by molar-refractivity contribution is 5.79. The molecule has 0 aromatic carbocycles. The molecule has 0 spiro atoms. The number of carbonyl (C=O) groups excluding carboxylic acids is 1. The zero-order valence-corrected chi connectivity index (χ0v) is 21.1. The molecular formula is C26H30N10O2. The van der Waals surface area contributed by atoms with Gasteiger partial charge in [-0.1, -0.05) is 0 Å². The van der Waals surface area contributed by atoms with Gasteiger partial charge in [0.25, 0.3) is 0 Å². The number of likely N-dealkylation sites (tertiary alicyclic amines) is 2. The van der Waals surface area contributed by atoms with Crippen LogP contribution in [0, 0.1) is 11.1 Å². The van der Waals surface area contributed by atoms with Crippen molar-refractivity contribution in [3.8, 4) is 11.6 Å². The monoisotopic (exact) mass is 514 g/mol. The summed E-state index contributed by atoms with van der Waals surface area (Å²) in [7, 11) is 0. The number of aromatic nitrogens is 7. The Kier molecular flexibility index (Phi) is 6.54. The number of nitrogens with two attached hydrogens (primary N) is 1.